The average molecular weight is 591 g/mol. The Morgan fingerprint density at radius 1 is 0.905 bits per heavy atom. The molecule has 7 heteroatoms. The van der Waals surface area contributed by atoms with Crippen molar-refractivity contribution in [3.63, 3.8) is 0 Å². The molecule has 42 heavy (non-hydrogen) atoms. The predicted molar refractivity (Wildman–Crippen MR) is 172 cm³/mol. The Balaban J connectivity index is 1.21. The highest BCUT2D eigenvalue weighted by Crippen LogP contribution is 2.31. The molecule has 0 aliphatic carbocycles. The highest BCUT2D eigenvalue weighted by atomic mass is 35.5. The summed E-state index contributed by atoms with van der Waals surface area (Å²) >= 11 is 6.13. The van der Waals surface area contributed by atoms with Crippen LogP contribution in [0, 0.1) is 5.92 Å². The number of piperidine rings is 3. The number of carbonyl (C=O) groups excluding carboxylic acids is 1. The molecule has 0 atom stereocenters. The van der Waals surface area contributed by atoms with Crippen LogP contribution in [0.15, 0.2) is 48.5 Å². The molecule has 1 N–H and O–H groups in total. The van der Waals surface area contributed by atoms with Gasteiger partial charge in [-0.2, -0.15) is 0 Å². The number of hydrogen-bond acceptors (Lipinski definition) is 5. The van der Waals surface area contributed by atoms with Gasteiger partial charge in [-0.05, 0) is 114 Å². The minimum Gasteiger partial charge on any atom is -0.487 e. The van der Waals surface area contributed by atoms with Gasteiger partial charge in [0.15, 0.2) is 5.78 Å². The maximum atomic E-state index is 14.2. The van der Waals surface area contributed by atoms with Crippen LogP contribution in [0.25, 0.3) is 10.9 Å². The number of carbonyl (C=O) groups is 1. The number of likely N-dealkylation sites (tertiary alicyclic amines) is 2. The lowest BCUT2D eigenvalue weighted by Crippen LogP contribution is -2.47. The summed E-state index contributed by atoms with van der Waals surface area (Å²) in [4.78, 5) is 19.3. The lowest BCUT2D eigenvalue weighted by atomic mass is 9.93. The van der Waals surface area contributed by atoms with Crippen molar-refractivity contribution in [2.24, 2.45) is 5.92 Å². The number of benzene rings is 2. The average Bonchev–Trinajstić information content (AvgIpc) is 3.35. The van der Waals surface area contributed by atoms with E-state index in [2.05, 4.69) is 43.9 Å². The summed E-state index contributed by atoms with van der Waals surface area (Å²) in [6.45, 7) is 8.49. The molecular formula is C35H47ClN4O2. The highest BCUT2D eigenvalue weighted by molar-refractivity contribution is 6.30. The van der Waals surface area contributed by atoms with E-state index in [-0.39, 0.29) is 5.78 Å². The second-order valence-corrected chi connectivity index (χ2v) is 13.0. The molecule has 4 heterocycles. The first-order valence-electron chi connectivity index (χ1n) is 16.3. The Labute approximate surface area is 256 Å². The summed E-state index contributed by atoms with van der Waals surface area (Å²) in [5.74, 6) is 1.77. The van der Waals surface area contributed by atoms with Crippen molar-refractivity contribution in [1.29, 1.82) is 0 Å². The van der Waals surface area contributed by atoms with Gasteiger partial charge in [-0.1, -0.05) is 36.2 Å². The van der Waals surface area contributed by atoms with Crippen LogP contribution in [0.4, 0.5) is 0 Å². The molecule has 0 unspecified atom stereocenters. The van der Waals surface area contributed by atoms with Crippen molar-refractivity contribution >= 4 is 28.3 Å². The molecule has 0 radical (unpaired) electrons. The van der Waals surface area contributed by atoms with Gasteiger partial charge in [-0.25, -0.2) is 0 Å². The van der Waals surface area contributed by atoms with Crippen LogP contribution in [0.3, 0.4) is 0 Å². The molecule has 6 nitrogen and oxygen atoms in total. The number of ketones is 1. The van der Waals surface area contributed by atoms with Gasteiger partial charge < -0.3 is 19.5 Å². The Hall–Kier alpha value is -2.38. The molecule has 3 fully saturated rings. The fourth-order valence-electron chi connectivity index (χ4n) is 7.47. The van der Waals surface area contributed by atoms with Gasteiger partial charge >= 0.3 is 0 Å². The van der Waals surface area contributed by atoms with Crippen molar-refractivity contribution in [3.05, 3.63) is 64.8 Å². The number of nitrogens with one attached hydrogen (secondary N) is 1. The zero-order valence-corrected chi connectivity index (χ0v) is 25.8. The number of fused-ring (bicyclic) bond motifs is 1. The Kier molecular flexibility index (Phi) is 10.2. The Bertz CT molecular complexity index is 1300. The summed E-state index contributed by atoms with van der Waals surface area (Å²) in [5, 5.41) is 5.23. The molecule has 0 saturated carbocycles. The molecule has 226 valence electrons. The monoisotopic (exact) mass is 590 g/mol. The number of para-hydroxylation sites is 1. The van der Waals surface area contributed by atoms with Crippen LogP contribution < -0.4 is 10.1 Å². The third-order valence-electron chi connectivity index (χ3n) is 9.83. The first-order chi connectivity index (χ1) is 20.7. The van der Waals surface area contributed by atoms with Gasteiger partial charge in [-0.3, -0.25) is 9.69 Å². The Morgan fingerprint density at radius 3 is 2.40 bits per heavy atom. The van der Waals surface area contributed by atoms with Crippen LogP contribution in [-0.2, 0) is 13.2 Å². The molecule has 2 aromatic carbocycles. The predicted octanol–water partition coefficient (Wildman–Crippen LogP) is 6.79. The van der Waals surface area contributed by atoms with E-state index < -0.39 is 0 Å². The number of halogens is 1. The van der Waals surface area contributed by atoms with Crippen molar-refractivity contribution in [1.82, 2.24) is 19.7 Å². The third-order valence-corrected chi connectivity index (χ3v) is 10.1. The largest absolute Gasteiger partial charge is 0.487 e. The van der Waals surface area contributed by atoms with Crippen LogP contribution in [-0.4, -0.2) is 72.0 Å². The van der Waals surface area contributed by atoms with E-state index in [1.807, 2.05) is 24.3 Å². The minimum absolute atomic E-state index is 0.217. The number of aromatic nitrogens is 1. The van der Waals surface area contributed by atoms with Crippen molar-refractivity contribution in [3.8, 4) is 5.75 Å². The lowest BCUT2D eigenvalue weighted by Gasteiger charge is -2.40. The zero-order chi connectivity index (χ0) is 28.7. The first kappa shape index (κ1) is 29.7. The van der Waals surface area contributed by atoms with Crippen molar-refractivity contribution in [2.75, 3.05) is 45.8 Å². The topological polar surface area (TPSA) is 49.7 Å². The van der Waals surface area contributed by atoms with Gasteiger partial charge in [0, 0.05) is 41.6 Å². The van der Waals surface area contributed by atoms with Crippen molar-refractivity contribution < 1.29 is 9.53 Å². The van der Waals surface area contributed by atoms with Gasteiger partial charge in [0.1, 0.15) is 12.4 Å². The molecule has 0 spiro atoms. The quantitative estimate of drug-likeness (QED) is 0.249. The maximum Gasteiger partial charge on any atom is 0.179 e. The van der Waals surface area contributed by atoms with Gasteiger partial charge in [0.05, 0.1) is 17.8 Å². The first-order valence-corrected chi connectivity index (χ1v) is 16.7. The lowest BCUT2D eigenvalue weighted by molar-refractivity contribution is 0.0774. The van der Waals surface area contributed by atoms with Gasteiger partial charge in [0.25, 0.3) is 0 Å². The van der Waals surface area contributed by atoms with E-state index in [9.17, 15) is 4.79 Å². The smallest absolute Gasteiger partial charge is 0.179 e. The number of ether oxygens (including phenoxy) is 1. The van der Waals surface area contributed by atoms with Gasteiger partial charge in [-0.15, -0.1) is 0 Å². The fraction of sp³-hybridized carbons (Fsp3) is 0.571. The minimum atomic E-state index is 0.217. The number of hydrogen-bond donors (Lipinski definition) is 1. The van der Waals surface area contributed by atoms with E-state index in [1.165, 1.54) is 51.6 Å². The summed E-state index contributed by atoms with van der Waals surface area (Å²) < 4.78 is 8.69. The number of Topliss-reactive ketones (excluding diaryl/α,β-unsaturated/α-hetero) is 1. The molecule has 0 bridgehead atoms. The molecule has 0 amide bonds. The van der Waals surface area contributed by atoms with Gasteiger partial charge in [0.2, 0.25) is 0 Å². The molecule has 3 saturated heterocycles. The van der Waals surface area contributed by atoms with Crippen LogP contribution in [0.2, 0.25) is 5.02 Å². The van der Waals surface area contributed by atoms with E-state index >= 15 is 0 Å². The fourth-order valence-corrected chi connectivity index (χ4v) is 7.60. The second kappa shape index (κ2) is 14.4. The summed E-state index contributed by atoms with van der Waals surface area (Å²) in [6, 6.07) is 16.6. The molecule has 3 aliphatic heterocycles. The summed E-state index contributed by atoms with van der Waals surface area (Å²) in [7, 11) is 0. The highest BCUT2D eigenvalue weighted by Gasteiger charge is 2.29. The SMILES string of the molecule is O=C(CN1CCC(N2CCCCC2)CC1)c1c(COc2ccc(Cl)cc2)n(CCCC2CCNCC2)c2ccccc12. The van der Waals surface area contributed by atoms with E-state index in [4.69, 9.17) is 16.3 Å². The zero-order valence-electron chi connectivity index (χ0n) is 25.0. The van der Waals surface area contributed by atoms with E-state index in [1.54, 1.807) is 0 Å². The standard InChI is InChI=1S/C35H47ClN4O2/c36-28-10-12-30(13-11-28)42-26-33-35(34(41)25-38-23-16-29(17-24-38)39-20-4-1-5-21-39)31-8-2-3-9-32(31)40(33)22-6-7-27-14-18-37-19-15-27/h2-3,8-13,27,29,37H,1,4-7,14-26H2. The Morgan fingerprint density at radius 2 is 1.64 bits per heavy atom. The second-order valence-electron chi connectivity index (χ2n) is 12.6. The molecule has 6 rings (SSSR count). The molecule has 3 aliphatic rings. The summed E-state index contributed by atoms with van der Waals surface area (Å²) in [6.07, 6.45) is 11.2. The summed E-state index contributed by atoms with van der Waals surface area (Å²) in [5.41, 5.74) is 2.99. The van der Waals surface area contributed by atoms with E-state index in [0.717, 1.165) is 85.8 Å². The molecule has 3 aromatic rings. The van der Waals surface area contributed by atoms with Crippen LogP contribution in [0.5, 0.6) is 5.75 Å². The normalized spacial score (nSPS) is 19.8. The number of nitrogens with zero attached hydrogens (tertiary/aromatic N) is 3. The number of rotatable bonds is 11. The van der Waals surface area contributed by atoms with Crippen molar-refractivity contribution in [2.45, 2.75) is 77.0 Å². The van der Waals surface area contributed by atoms with E-state index in [0.29, 0.717) is 24.2 Å². The maximum absolute atomic E-state index is 14.2. The molecule has 1 aromatic heterocycles. The van der Waals surface area contributed by atoms with Crippen LogP contribution >= 0.6 is 11.6 Å². The molecular weight excluding hydrogens is 544 g/mol. The van der Waals surface area contributed by atoms with Crippen LogP contribution in [0.1, 0.15) is 73.8 Å². The third kappa shape index (κ3) is 7.21. The number of aryl methyl sites for hydroxylation is 1.